The van der Waals surface area contributed by atoms with E-state index in [-0.39, 0.29) is 12.5 Å². The molecule has 0 saturated heterocycles. The molecule has 0 atom stereocenters. The molecule has 2 N–H and O–H groups in total. The molecule has 0 rings (SSSR count). The van der Waals surface area contributed by atoms with Crippen LogP contribution >= 0.6 is 0 Å². The van der Waals surface area contributed by atoms with Crippen molar-refractivity contribution in [1.29, 1.82) is 0 Å². The number of rotatable bonds is 5. The van der Waals surface area contributed by atoms with Gasteiger partial charge in [-0.05, 0) is 19.5 Å². The molecule has 0 aromatic heterocycles. The van der Waals surface area contributed by atoms with E-state index < -0.39 is 0 Å². The van der Waals surface area contributed by atoms with Gasteiger partial charge in [0.25, 0.3) is 5.91 Å². The second-order valence-electron chi connectivity index (χ2n) is 2.40. The first-order chi connectivity index (χ1) is 5.24. The van der Waals surface area contributed by atoms with Gasteiger partial charge in [-0.2, -0.15) is 0 Å². The zero-order valence-corrected chi connectivity index (χ0v) is 7.13. The molecule has 0 aliphatic heterocycles. The van der Waals surface area contributed by atoms with E-state index in [0.717, 1.165) is 19.5 Å². The van der Waals surface area contributed by atoms with Gasteiger partial charge in [-0.15, -0.1) is 0 Å². The Morgan fingerprint density at radius 1 is 1.55 bits per heavy atom. The molecule has 0 saturated carbocycles. The van der Waals surface area contributed by atoms with Gasteiger partial charge in [0.15, 0.2) is 0 Å². The fourth-order valence-electron chi connectivity index (χ4n) is 0.904. The van der Waals surface area contributed by atoms with Crippen molar-refractivity contribution in [1.82, 2.24) is 10.4 Å². The van der Waals surface area contributed by atoms with Crippen LogP contribution in [0, 0.1) is 0 Å². The van der Waals surface area contributed by atoms with Gasteiger partial charge in [0, 0.05) is 0 Å². The van der Waals surface area contributed by atoms with Gasteiger partial charge in [-0.25, -0.2) is 5.48 Å². The first-order valence-electron chi connectivity index (χ1n) is 3.89. The van der Waals surface area contributed by atoms with Gasteiger partial charge in [0.1, 0.15) is 0 Å². The highest BCUT2D eigenvalue weighted by atomic mass is 16.5. The van der Waals surface area contributed by atoms with Crippen LogP contribution in [0.4, 0.5) is 0 Å². The number of nitrogens with zero attached hydrogens (tertiary/aromatic N) is 1. The molecule has 4 heteroatoms. The average molecular weight is 160 g/mol. The first kappa shape index (κ1) is 10.4. The van der Waals surface area contributed by atoms with Crippen LogP contribution in [-0.2, 0) is 4.79 Å². The Kier molecular flexibility index (Phi) is 5.78. The van der Waals surface area contributed by atoms with Crippen molar-refractivity contribution in [2.24, 2.45) is 0 Å². The molecule has 4 nitrogen and oxygen atoms in total. The fourth-order valence-corrected chi connectivity index (χ4v) is 0.904. The molecule has 0 radical (unpaired) electrons. The van der Waals surface area contributed by atoms with Crippen molar-refractivity contribution < 1.29 is 10.0 Å². The summed E-state index contributed by atoms with van der Waals surface area (Å²) < 4.78 is 0. The van der Waals surface area contributed by atoms with Crippen molar-refractivity contribution in [3.05, 3.63) is 0 Å². The molecule has 0 aliphatic rings. The lowest BCUT2D eigenvalue weighted by Gasteiger charge is -2.17. The fraction of sp³-hybridized carbons (Fsp3) is 0.857. The summed E-state index contributed by atoms with van der Waals surface area (Å²) in [6.07, 6.45) is 1.02. The Morgan fingerprint density at radius 3 is 2.55 bits per heavy atom. The minimum Gasteiger partial charge on any atom is -0.295 e. The number of amides is 1. The summed E-state index contributed by atoms with van der Waals surface area (Å²) in [7, 11) is 0. The third kappa shape index (κ3) is 4.75. The van der Waals surface area contributed by atoms with E-state index in [0.29, 0.717) is 0 Å². The molecule has 0 spiro atoms. The van der Waals surface area contributed by atoms with Crippen LogP contribution in [0.2, 0.25) is 0 Å². The van der Waals surface area contributed by atoms with E-state index in [1.54, 1.807) is 5.48 Å². The quantitative estimate of drug-likeness (QED) is 0.447. The Bertz CT molecular complexity index is 117. The van der Waals surface area contributed by atoms with Gasteiger partial charge < -0.3 is 0 Å². The van der Waals surface area contributed by atoms with E-state index in [1.807, 2.05) is 11.8 Å². The molecule has 0 bridgehead atoms. The highest BCUT2D eigenvalue weighted by Crippen LogP contribution is 1.89. The van der Waals surface area contributed by atoms with Crippen molar-refractivity contribution in [3.63, 3.8) is 0 Å². The highest BCUT2D eigenvalue weighted by molar-refractivity contribution is 5.76. The maximum absolute atomic E-state index is 10.7. The summed E-state index contributed by atoms with van der Waals surface area (Å²) in [5.74, 6) is -0.347. The summed E-state index contributed by atoms with van der Waals surface area (Å²) in [5, 5.41) is 8.22. The lowest BCUT2D eigenvalue weighted by atomic mass is 10.4. The van der Waals surface area contributed by atoms with E-state index in [9.17, 15) is 4.79 Å². The maximum atomic E-state index is 10.7. The minimum atomic E-state index is -0.347. The normalized spacial score (nSPS) is 10.2. The van der Waals surface area contributed by atoms with Crippen molar-refractivity contribution >= 4 is 5.91 Å². The van der Waals surface area contributed by atoms with Crippen LogP contribution in [0.1, 0.15) is 20.3 Å². The van der Waals surface area contributed by atoms with Crippen molar-refractivity contribution in [2.75, 3.05) is 19.6 Å². The number of likely N-dealkylation sites (N-methyl/N-ethyl adjacent to an activating group) is 1. The van der Waals surface area contributed by atoms with Gasteiger partial charge in [0.05, 0.1) is 6.54 Å². The number of hydrogen-bond donors (Lipinski definition) is 2. The van der Waals surface area contributed by atoms with Crippen molar-refractivity contribution in [3.8, 4) is 0 Å². The van der Waals surface area contributed by atoms with Crippen LogP contribution < -0.4 is 5.48 Å². The van der Waals surface area contributed by atoms with E-state index in [2.05, 4.69) is 6.92 Å². The highest BCUT2D eigenvalue weighted by Gasteiger charge is 2.05. The SMILES string of the molecule is CCCN(CC)CC(=O)NO. The molecular weight excluding hydrogens is 144 g/mol. The van der Waals surface area contributed by atoms with E-state index in [1.165, 1.54) is 0 Å². The summed E-state index contributed by atoms with van der Waals surface area (Å²) in [5.41, 5.74) is 1.61. The molecule has 1 amide bonds. The van der Waals surface area contributed by atoms with Gasteiger partial charge >= 0.3 is 0 Å². The largest absolute Gasteiger partial charge is 0.295 e. The van der Waals surface area contributed by atoms with E-state index >= 15 is 0 Å². The Balaban J connectivity index is 3.58. The average Bonchev–Trinajstić information content (AvgIpc) is 2.03. The molecule has 0 aromatic rings. The monoisotopic (exact) mass is 160 g/mol. The van der Waals surface area contributed by atoms with Gasteiger partial charge in [-0.1, -0.05) is 13.8 Å². The molecule has 0 aliphatic carbocycles. The lowest BCUT2D eigenvalue weighted by Crippen LogP contribution is -2.36. The Hall–Kier alpha value is -0.610. The first-order valence-corrected chi connectivity index (χ1v) is 3.89. The lowest BCUT2D eigenvalue weighted by molar-refractivity contribution is -0.130. The number of carbonyl (C=O) groups is 1. The van der Waals surface area contributed by atoms with Gasteiger partial charge in [-0.3, -0.25) is 14.9 Å². The zero-order chi connectivity index (χ0) is 8.69. The predicted octanol–water partition coefficient (Wildman–Crippen LogP) is 0.224. The third-order valence-corrected chi connectivity index (χ3v) is 1.48. The predicted molar refractivity (Wildman–Crippen MR) is 42.3 cm³/mol. The van der Waals surface area contributed by atoms with Crippen LogP contribution in [0.15, 0.2) is 0 Å². The number of nitrogens with one attached hydrogen (secondary N) is 1. The summed E-state index contributed by atoms with van der Waals surface area (Å²) >= 11 is 0. The molecule has 0 unspecified atom stereocenters. The maximum Gasteiger partial charge on any atom is 0.257 e. The number of carbonyl (C=O) groups excluding carboxylic acids is 1. The Labute approximate surface area is 67.1 Å². The van der Waals surface area contributed by atoms with Crippen LogP contribution in [-0.4, -0.2) is 35.6 Å². The summed E-state index contributed by atoms with van der Waals surface area (Å²) in [6.45, 7) is 6.05. The van der Waals surface area contributed by atoms with Crippen molar-refractivity contribution in [2.45, 2.75) is 20.3 Å². The Morgan fingerprint density at radius 2 is 2.18 bits per heavy atom. The molecular formula is C7H16N2O2. The van der Waals surface area contributed by atoms with Gasteiger partial charge in [0.2, 0.25) is 0 Å². The number of hydroxylamine groups is 1. The minimum absolute atomic E-state index is 0.279. The topological polar surface area (TPSA) is 52.6 Å². The third-order valence-electron chi connectivity index (χ3n) is 1.48. The van der Waals surface area contributed by atoms with Crippen LogP contribution in [0.5, 0.6) is 0 Å². The zero-order valence-electron chi connectivity index (χ0n) is 7.13. The smallest absolute Gasteiger partial charge is 0.257 e. The van der Waals surface area contributed by atoms with E-state index in [4.69, 9.17) is 5.21 Å². The molecule has 11 heavy (non-hydrogen) atoms. The summed E-state index contributed by atoms with van der Waals surface area (Å²) in [4.78, 5) is 12.6. The van der Waals surface area contributed by atoms with Crippen LogP contribution in [0.3, 0.4) is 0 Å². The molecule has 66 valence electrons. The van der Waals surface area contributed by atoms with Crippen LogP contribution in [0.25, 0.3) is 0 Å². The molecule has 0 aromatic carbocycles. The summed E-state index contributed by atoms with van der Waals surface area (Å²) in [6, 6.07) is 0. The molecule has 0 fully saturated rings. The number of hydrogen-bond acceptors (Lipinski definition) is 3. The second kappa shape index (κ2) is 6.12. The standard InChI is InChI=1S/C7H16N2O2/c1-3-5-9(4-2)6-7(10)8-11/h11H,3-6H2,1-2H3,(H,8,10). The second-order valence-corrected chi connectivity index (χ2v) is 2.40. The molecule has 0 heterocycles.